The summed E-state index contributed by atoms with van der Waals surface area (Å²) in [7, 11) is 0. The maximum absolute atomic E-state index is 13.4. The zero-order valence-electron chi connectivity index (χ0n) is 8.33. The van der Waals surface area contributed by atoms with Crippen LogP contribution in [0.1, 0.15) is 19.4 Å². The molecule has 0 radical (unpaired) electrons. The van der Waals surface area contributed by atoms with Crippen LogP contribution in [0.15, 0.2) is 12.3 Å². The Bertz CT molecular complexity index is 302. The van der Waals surface area contributed by atoms with E-state index < -0.39 is 5.82 Å². The van der Waals surface area contributed by atoms with E-state index >= 15 is 0 Å². The third-order valence-electron chi connectivity index (χ3n) is 1.66. The number of nitrogens with zero attached hydrogens (tertiary/aromatic N) is 1. The molecule has 0 aromatic carbocycles. The number of aliphatic hydroxyl groups is 1. The number of hydrogen-bond acceptors (Lipinski definition) is 3. The number of hydrogen-bond donors (Lipinski definition) is 1. The molecule has 0 spiro atoms. The summed E-state index contributed by atoms with van der Waals surface area (Å²) in [6.45, 7) is 4.01. The molecule has 4 heteroatoms. The molecule has 0 fully saturated rings. The second-order valence-corrected chi connectivity index (χ2v) is 3.45. The quantitative estimate of drug-likeness (QED) is 0.803. The van der Waals surface area contributed by atoms with Gasteiger partial charge in [0.25, 0.3) is 5.88 Å². The van der Waals surface area contributed by atoms with E-state index in [9.17, 15) is 4.39 Å². The van der Waals surface area contributed by atoms with E-state index in [-0.39, 0.29) is 18.1 Å². The van der Waals surface area contributed by atoms with Gasteiger partial charge in [-0.2, -0.15) is 0 Å². The average Bonchev–Trinajstić information content (AvgIpc) is 2.16. The van der Waals surface area contributed by atoms with Gasteiger partial charge in [0.1, 0.15) is 0 Å². The van der Waals surface area contributed by atoms with Gasteiger partial charge in [0.15, 0.2) is 5.82 Å². The van der Waals surface area contributed by atoms with Crippen LogP contribution in [0.25, 0.3) is 0 Å². The van der Waals surface area contributed by atoms with Crippen molar-refractivity contribution in [2.75, 3.05) is 6.61 Å². The first-order valence-corrected chi connectivity index (χ1v) is 4.52. The van der Waals surface area contributed by atoms with Crippen LogP contribution in [0.4, 0.5) is 4.39 Å². The Labute approximate surface area is 82.5 Å². The number of rotatable bonds is 4. The molecule has 1 aromatic heterocycles. The molecule has 0 amide bonds. The first-order chi connectivity index (χ1) is 6.65. The highest BCUT2D eigenvalue weighted by molar-refractivity contribution is 5.22. The molecule has 0 saturated carbocycles. The van der Waals surface area contributed by atoms with E-state index in [0.29, 0.717) is 12.5 Å². The van der Waals surface area contributed by atoms with E-state index in [0.717, 1.165) is 0 Å². The summed E-state index contributed by atoms with van der Waals surface area (Å²) in [5.74, 6) is -0.296. The third kappa shape index (κ3) is 2.67. The molecule has 0 saturated heterocycles. The maximum Gasteiger partial charge on any atom is 0.250 e. The van der Waals surface area contributed by atoms with Crippen molar-refractivity contribution < 1.29 is 14.2 Å². The lowest BCUT2D eigenvalue weighted by atomic mass is 10.2. The third-order valence-corrected chi connectivity index (χ3v) is 1.66. The molecule has 0 atom stereocenters. The molecular formula is C10H14FNO2. The van der Waals surface area contributed by atoms with Crippen LogP contribution >= 0.6 is 0 Å². The molecule has 14 heavy (non-hydrogen) atoms. The largest absolute Gasteiger partial charge is 0.475 e. The Morgan fingerprint density at radius 1 is 1.57 bits per heavy atom. The SMILES string of the molecule is CC(C)COc1nccc(CO)c1F. The van der Waals surface area contributed by atoms with Gasteiger partial charge < -0.3 is 9.84 Å². The van der Waals surface area contributed by atoms with Crippen molar-refractivity contribution in [3.63, 3.8) is 0 Å². The van der Waals surface area contributed by atoms with Crippen LogP contribution < -0.4 is 4.74 Å². The molecule has 1 rings (SSSR count). The highest BCUT2D eigenvalue weighted by Gasteiger charge is 2.10. The average molecular weight is 199 g/mol. The van der Waals surface area contributed by atoms with Crippen molar-refractivity contribution >= 4 is 0 Å². The predicted octanol–water partition coefficient (Wildman–Crippen LogP) is 1.75. The Morgan fingerprint density at radius 3 is 2.86 bits per heavy atom. The van der Waals surface area contributed by atoms with Gasteiger partial charge in [-0.1, -0.05) is 13.8 Å². The number of halogens is 1. The van der Waals surface area contributed by atoms with E-state index in [1.807, 2.05) is 13.8 Å². The number of aliphatic hydroxyl groups excluding tert-OH is 1. The van der Waals surface area contributed by atoms with Crippen molar-refractivity contribution in [1.29, 1.82) is 0 Å². The van der Waals surface area contributed by atoms with Crippen molar-refractivity contribution in [3.8, 4) is 5.88 Å². The summed E-state index contributed by atoms with van der Waals surface area (Å²) in [5.41, 5.74) is 0.207. The van der Waals surface area contributed by atoms with Gasteiger partial charge in [-0.15, -0.1) is 0 Å². The zero-order chi connectivity index (χ0) is 10.6. The summed E-state index contributed by atoms with van der Waals surface area (Å²) < 4.78 is 18.5. The Kier molecular flexibility index (Phi) is 3.83. The van der Waals surface area contributed by atoms with Crippen molar-refractivity contribution in [2.45, 2.75) is 20.5 Å². The number of aromatic nitrogens is 1. The monoisotopic (exact) mass is 199 g/mol. The molecule has 0 aliphatic rings. The Hall–Kier alpha value is -1.16. The number of ether oxygens (including phenoxy) is 1. The van der Waals surface area contributed by atoms with Crippen LogP contribution in [0.3, 0.4) is 0 Å². The minimum Gasteiger partial charge on any atom is -0.475 e. The fraction of sp³-hybridized carbons (Fsp3) is 0.500. The molecule has 0 aliphatic heterocycles. The van der Waals surface area contributed by atoms with Gasteiger partial charge in [0.05, 0.1) is 13.2 Å². The number of pyridine rings is 1. The summed E-state index contributed by atoms with van der Waals surface area (Å²) in [6, 6.07) is 1.43. The minimum absolute atomic E-state index is 0.0368. The van der Waals surface area contributed by atoms with Crippen molar-refractivity contribution in [1.82, 2.24) is 4.98 Å². The van der Waals surface area contributed by atoms with Gasteiger partial charge >= 0.3 is 0 Å². The molecule has 3 nitrogen and oxygen atoms in total. The standard InChI is InChI=1S/C10H14FNO2/c1-7(2)6-14-10-9(11)8(5-13)3-4-12-10/h3-4,7,13H,5-6H2,1-2H3. The first kappa shape index (κ1) is 10.9. The summed E-state index contributed by atoms with van der Waals surface area (Å²) in [4.78, 5) is 3.75. The lowest BCUT2D eigenvalue weighted by Gasteiger charge is -2.09. The minimum atomic E-state index is -0.573. The highest BCUT2D eigenvalue weighted by Crippen LogP contribution is 2.17. The molecule has 1 aromatic rings. The van der Waals surface area contributed by atoms with E-state index in [1.54, 1.807) is 0 Å². The van der Waals surface area contributed by atoms with E-state index in [1.165, 1.54) is 12.3 Å². The molecule has 1 heterocycles. The topological polar surface area (TPSA) is 42.4 Å². The molecule has 78 valence electrons. The summed E-state index contributed by atoms with van der Waals surface area (Å²) in [5, 5.41) is 8.80. The van der Waals surface area contributed by atoms with Crippen LogP contribution in [0.5, 0.6) is 5.88 Å². The van der Waals surface area contributed by atoms with Gasteiger partial charge in [0, 0.05) is 11.8 Å². The fourth-order valence-electron chi connectivity index (χ4n) is 0.930. The predicted molar refractivity (Wildman–Crippen MR) is 50.5 cm³/mol. The van der Waals surface area contributed by atoms with Crippen molar-refractivity contribution in [3.05, 3.63) is 23.6 Å². The normalized spacial score (nSPS) is 10.6. The summed E-state index contributed by atoms with van der Waals surface area (Å²) in [6.07, 6.45) is 1.42. The van der Waals surface area contributed by atoms with E-state index in [4.69, 9.17) is 9.84 Å². The molecule has 0 aliphatic carbocycles. The van der Waals surface area contributed by atoms with Crippen LogP contribution in [0.2, 0.25) is 0 Å². The van der Waals surface area contributed by atoms with Gasteiger partial charge in [0.2, 0.25) is 0 Å². The second-order valence-electron chi connectivity index (χ2n) is 3.45. The van der Waals surface area contributed by atoms with E-state index in [2.05, 4.69) is 4.98 Å². The Balaban J connectivity index is 2.76. The van der Waals surface area contributed by atoms with Gasteiger partial charge in [-0.3, -0.25) is 0 Å². The highest BCUT2D eigenvalue weighted by atomic mass is 19.1. The van der Waals surface area contributed by atoms with Crippen molar-refractivity contribution in [2.24, 2.45) is 5.92 Å². The smallest absolute Gasteiger partial charge is 0.250 e. The zero-order valence-corrected chi connectivity index (χ0v) is 8.33. The molecule has 1 N–H and O–H groups in total. The Morgan fingerprint density at radius 2 is 2.29 bits per heavy atom. The fourth-order valence-corrected chi connectivity index (χ4v) is 0.930. The molecule has 0 unspecified atom stereocenters. The first-order valence-electron chi connectivity index (χ1n) is 4.52. The molecular weight excluding hydrogens is 185 g/mol. The lowest BCUT2D eigenvalue weighted by Crippen LogP contribution is -2.08. The lowest BCUT2D eigenvalue weighted by molar-refractivity contribution is 0.240. The second kappa shape index (κ2) is 4.91. The van der Waals surface area contributed by atoms with Gasteiger partial charge in [-0.05, 0) is 12.0 Å². The molecule has 0 bridgehead atoms. The van der Waals surface area contributed by atoms with Gasteiger partial charge in [-0.25, -0.2) is 9.37 Å². The van der Waals surface area contributed by atoms with Crippen LogP contribution in [-0.4, -0.2) is 16.7 Å². The van der Waals surface area contributed by atoms with Crippen LogP contribution in [0, 0.1) is 11.7 Å². The van der Waals surface area contributed by atoms with Crippen LogP contribution in [-0.2, 0) is 6.61 Å². The maximum atomic E-state index is 13.4. The summed E-state index contributed by atoms with van der Waals surface area (Å²) >= 11 is 0.